The highest BCUT2D eigenvalue weighted by Gasteiger charge is 1.99. The second kappa shape index (κ2) is 9.19. The third kappa shape index (κ3) is 5.47. The molecule has 0 radical (unpaired) electrons. The van der Waals surface area contributed by atoms with Gasteiger partial charge in [-0.2, -0.15) is 0 Å². The highest BCUT2D eigenvalue weighted by atomic mass is 16.1. The molecule has 2 aromatic rings. The van der Waals surface area contributed by atoms with Gasteiger partial charge in [0, 0.05) is 12.4 Å². The van der Waals surface area contributed by atoms with Crippen molar-refractivity contribution in [1.29, 1.82) is 0 Å². The molecule has 22 heavy (non-hydrogen) atoms. The predicted molar refractivity (Wildman–Crippen MR) is 91.1 cm³/mol. The molecule has 0 N–H and O–H groups in total. The molecule has 0 saturated heterocycles. The van der Waals surface area contributed by atoms with Gasteiger partial charge in [0.15, 0.2) is 0 Å². The molecule has 2 rings (SSSR count). The van der Waals surface area contributed by atoms with Crippen molar-refractivity contribution in [3.63, 3.8) is 0 Å². The third-order valence-electron chi connectivity index (χ3n) is 3.98. The maximum atomic E-state index is 11.6. The van der Waals surface area contributed by atoms with Crippen molar-refractivity contribution < 1.29 is 0 Å². The summed E-state index contributed by atoms with van der Waals surface area (Å²) in [5.74, 6) is 0. The van der Waals surface area contributed by atoms with Crippen LogP contribution in [0.3, 0.4) is 0 Å². The van der Waals surface area contributed by atoms with Crippen LogP contribution in [0.2, 0.25) is 0 Å². The fourth-order valence-electron chi connectivity index (χ4n) is 2.62. The lowest BCUT2D eigenvalue weighted by atomic mass is 10.0. The van der Waals surface area contributed by atoms with Gasteiger partial charge in [0.25, 0.3) is 0 Å². The molecule has 0 aliphatic rings. The molecule has 3 nitrogen and oxygen atoms in total. The lowest BCUT2D eigenvalue weighted by Gasteiger charge is -2.06. The van der Waals surface area contributed by atoms with Crippen LogP contribution < -0.4 is 5.69 Å². The van der Waals surface area contributed by atoms with Crippen LogP contribution in [0.1, 0.15) is 56.6 Å². The maximum Gasteiger partial charge on any atom is 0.347 e. The van der Waals surface area contributed by atoms with Gasteiger partial charge in [0.2, 0.25) is 0 Å². The molecule has 1 aromatic heterocycles. The molecule has 1 aromatic carbocycles. The van der Waals surface area contributed by atoms with Crippen LogP contribution >= 0.6 is 0 Å². The largest absolute Gasteiger partial charge is 0.347 e. The van der Waals surface area contributed by atoms with Crippen molar-refractivity contribution in [2.75, 3.05) is 0 Å². The van der Waals surface area contributed by atoms with E-state index in [1.165, 1.54) is 50.3 Å². The number of aromatic nitrogens is 2. The second-order valence-electron chi connectivity index (χ2n) is 5.86. The summed E-state index contributed by atoms with van der Waals surface area (Å²) in [6.07, 6.45) is 12.5. The zero-order valence-corrected chi connectivity index (χ0v) is 13.5. The topological polar surface area (TPSA) is 34.9 Å². The van der Waals surface area contributed by atoms with E-state index in [9.17, 15) is 4.79 Å². The van der Waals surface area contributed by atoms with E-state index in [2.05, 4.69) is 36.2 Å². The zero-order chi connectivity index (χ0) is 15.6. The fraction of sp³-hybridized carbons (Fsp3) is 0.474. The number of aryl methyl sites for hydroxylation is 1. The summed E-state index contributed by atoms with van der Waals surface area (Å²) >= 11 is 0. The monoisotopic (exact) mass is 298 g/mol. The van der Waals surface area contributed by atoms with Gasteiger partial charge in [0.1, 0.15) is 0 Å². The van der Waals surface area contributed by atoms with E-state index in [1.807, 2.05) is 0 Å². The first-order valence-electron chi connectivity index (χ1n) is 8.39. The molecular formula is C19H26N2O. The Balaban J connectivity index is 1.78. The summed E-state index contributed by atoms with van der Waals surface area (Å²) in [6, 6.07) is 10.4. The Morgan fingerprint density at radius 3 is 2.36 bits per heavy atom. The first kappa shape index (κ1) is 16.5. The van der Waals surface area contributed by atoms with Gasteiger partial charge in [-0.15, -0.1) is 0 Å². The molecule has 3 heteroatoms. The Hall–Kier alpha value is -1.90. The Labute approximate surface area is 133 Å². The van der Waals surface area contributed by atoms with Crippen molar-refractivity contribution in [2.45, 2.75) is 58.4 Å². The Morgan fingerprint density at radius 2 is 1.64 bits per heavy atom. The Morgan fingerprint density at radius 1 is 0.955 bits per heavy atom. The summed E-state index contributed by atoms with van der Waals surface area (Å²) in [7, 11) is 0. The minimum atomic E-state index is -0.196. The molecule has 0 atom stereocenters. The van der Waals surface area contributed by atoms with Gasteiger partial charge in [0.05, 0.1) is 6.54 Å². The molecular weight excluding hydrogens is 272 g/mol. The standard InChI is InChI=1S/C19H26N2O/c1-2-3-4-5-6-7-9-17-10-12-18(13-11-17)16-21-15-8-14-20-19(21)22/h8,10-15H,2-7,9,16H2,1H3. The van der Waals surface area contributed by atoms with Crippen molar-refractivity contribution in [3.8, 4) is 0 Å². The van der Waals surface area contributed by atoms with Crippen LogP contribution in [0.15, 0.2) is 47.5 Å². The van der Waals surface area contributed by atoms with E-state index in [1.54, 1.807) is 16.8 Å². The molecule has 0 unspecified atom stereocenters. The van der Waals surface area contributed by atoms with Crippen LogP contribution in [0.5, 0.6) is 0 Å². The Kier molecular flexibility index (Phi) is 6.88. The highest BCUT2D eigenvalue weighted by molar-refractivity contribution is 5.22. The van der Waals surface area contributed by atoms with Crippen molar-refractivity contribution in [1.82, 2.24) is 9.55 Å². The summed E-state index contributed by atoms with van der Waals surface area (Å²) in [5, 5.41) is 0. The van der Waals surface area contributed by atoms with Crippen LogP contribution in [-0.4, -0.2) is 9.55 Å². The van der Waals surface area contributed by atoms with Crippen LogP contribution in [0.25, 0.3) is 0 Å². The first-order chi connectivity index (χ1) is 10.8. The number of nitrogens with zero attached hydrogens (tertiary/aromatic N) is 2. The number of unbranched alkanes of at least 4 members (excludes halogenated alkanes) is 5. The smallest absolute Gasteiger partial charge is 0.295 e. The highest BCUT2D eigenvalue weighted by Crippen LogP contribution is 2.11. The van der Waals surface area contributed by atoms with Gasteiger partial charge >= 0.3 is 5.69 Å². The summed E-state index contributed by atoms with van der Waals surface area (Å²) in [4.78, 5) is 15.4. The number of hydrogen-bond donors (Lipinski definition) is 0. The maximum absolute atomic E-state index is 11.6. The predicted octanol–water partition coefficient (Wildman–Crippen LogP) is 4.19. The van der Waals surface area contributed by atoms with E-state index in [0.29, 0.717) is 6.54 Å². The van der Waals surface area contributed by atoms with Gasteiger partial charge in [-0.25, -0.2) is 9.78 Å². The molecule has 0 aliphatic carbocycles. The number of rotatable bonds is 9. The Bertz CT molecular complexity index is 601. The zero-order valence-electron chi connectivity index (χ0n) is 13.5. The van der Waals surface area contributed by atoms with Gasteiger partial charge in [-0.1, -0.05) is 63.3 Å². The number of hydrogen-bond acceptors (Lipinski definition) is 2. The average molecular weight is 298 g/mol. The molecule has 1 heterocycles. The third-order valence-corrected chi connectivity index (χ3v) is 3.98. The summed E-state index contributed by atoms with van der Waals surface area (Å²) < 4.78 is 1.63. The van der Waals surface area contributed by atoms with E-state index in [-0.39, 0.29) is 5.69 Å². The van der Waals surface area contributed by atoms with E-state index >= 15 is 0 Å². The molecule has 0 bridgehead atoms. The first-order valence-corrected chi connectivity index (χ1v) is 8.39. The van der Waals surface area contributed by atoms with Crippen molar-refractivity contribution in [2.24, 2.45) is 0 Å². The van der Waals surface area contributed by atoms with Gasteiger partial charge in [-0.05, 0) is 30.0 Å². The molecule has 0 aliphatic heterocycles. The minimum absolute atomic E-state index is 0.196. The van der Waals surface area contributed by atoms with Gasteiger partial charge in [-0.3, -0.25) is 4.57 Å². The van der Waals surface area contributed by atoms with Crippen LogP contribution in [0, 0.1) is 0 Å². The molecule has 0 saturated carbocycles. The SMILES string of the molecule is CCCCCCCCc1ccc(Cn2cccnc2=O)cc1. The molecule has 118 valence electrons. The molecule has 0 fully saturated rings. The van der Waals surface area contributed by atoms with Crippen LogP contribution in [0.4, 0.5) is 0 Å². The summed E-state index contributed by atoms with van der Waals surface area (Å²) in [6.45, 7) is 2.84. The normalized spacial score (nSPS) is 10.8. The molecule has 0 spiro atoms. The second-order valence-corrected chi connectivity index (χ2v) is 5.86. The van der Waals surface area contributed by atoms with E-state index in [0.717, 1.165) is 12.0 Å². The van der Waals surface area contributed by atoms with Crippen molar-refractivity contribution in [3.05, 3.63) is 64.3 Å². The minimum Gasteiger partial charge on any atom is -0.295 e. The van der Waals surface area contributed by atoms with Crippen molar-refractivity contribution >= 4 is 0 Å². The molecule has 0 amide bonds. The fourth-order valence-corrected chi connectivity index (χ4v) is 2.62. The van der Waals surface area contributed by atoms with Crippen LogP contribution in [-0.2, 0) is 13.0 Å². The lowest BCUT2D eigenvalue weighted by Crippen LogP contribution is -2.21. The quantitative estimate of drug-likeness (QED) is 0.650. The van der Waals surface area contributed by atoms with E-state index in [4.69, 9.17) is 0 Å². The van der Waals surface area contributed by atoms with E-state index < -0.39 is 0 Å². The number of benzene rings is 1. The lowest BCUT2D eigenvalue weighted by molar-refractivity contribution is 0.607. The average Bonchev–Trinajstić information content (AvgIpc) is 2.54. The van der Waals surface area contributed by atoms with Gasteiger partial charge < -0.3 is 0 Å². The summed E-state index contributed by atoms with van der Waals surface area (Å²) in [5.41, 5.74) is 2.33.